The molecule has 0 aliphatic rings. The number of guanidine groups is 2. The molecule has 0 rings (SSSR count). The third kappa shape index (κ3) is 6.54. The van der Waals surface area contributed by atoms with Gasteiger partial charge in [0.05, 0.1) is 0 Å². The average Bonchev–Trinajstić information content (AvgIpc) is 2.11. The van der Waals surface area contributed by atoms with Gasteiger partial charge >= 0.3 is 0 Å². The first-order valence-corrected chi connectivity index (χ1v) is 5.04. The molecule has 0 amide bonds. The molecular weight excluding hydrogens is 202 g/mol. The molecule has 0 saturated carbocycles. The lowest BCUT2D eigenvalue weighted by Crippen LogP contribution is -2.42. The average molecular weight is 220 g/mol. The first-order valence-electron chi connectivity index (χ1n) is 4.70. The molecule has 0 heterocycles. The van der Waals surface area contributed by atoms with Crippen molar-refractivity contribution < 1.29 is 0 Å². The number of nitrogens with zero attached hydrogens (tertiary/aromatic N) is 1. The van der Waals surface area contributed by atoms with Gasteiger partial charge in [-0.05, 0) is 6.42 Å². The Balaban J connectivity index is 3.57. The van der Waals surface area contributed by atoms with E-state index in [1.54, 1.807) is 0 Å². The van der Waals surface area contributed by atoms with Crippen molar-refractivity contribution in [1.29, 1.82) is 10.8 Å². The molecule has 6 heteroatoms. The van der Waals surface area contributed by atoms with Crippen molar-refractivity contribution in [1.82, 2.24) is 9.74 Å². The summed E-state index contributed by atoms with van der Waals surface area (Å²) in [7, 11) is 0. The Morgan fingerprint density at radius 3 is 2.50 bits per heavy atom. The molecule has 0 spiro atoms. The van der Waals surface area contributed by atoms with Crippen LogP contribution in [0.4, 0.5) is 0 Å². The second-order valence-corrected chi connectivity index (χ2v) is 3.44. The van der Waals surface area contributed by atoms with Gasteiger partial charge in [0.15, 0.2) is 5.96 Å². The van der Waals surface area contributed by atoms with Crippen LogP contribution in [0.25, 0.3) is 0 Å². The number of rotatable bonds is 5. The number of nitrogens with one attached hydrogen (secondary N) is 3. The van der Waals surface area contributed by atoms with Crippen LogP contribution >= 0.6 is 11.8 Å². The molecule has 0 aromatic rings. The van der Waals surface area contributed by atoms with Gasteiger partial charge in [0, 0.05) is 18.3 Å². The Morgan fingerprint density at radius 2 is 2.00 bits per heavy atom. The summed E-state index contributed by atoms with van der Waals surface area (Å²) >= 11 is 5.75. The van der Waals surface area contributed by atoms with Crippen molar-refractivity contribution >= 4 is 23.7 Å². The fraction of sp³-hybridized carbons (Fsp3) is 0.750. The van der Waals surface area contributed by atoms with E-state index in [9.17, 15) is 0 Å². The van der Waals surface area contributed by atoms with Crippen LogP contribution in [0.15, 0.2) is 0 Å². The maximum Gasteiger partial charge on any atom is 0.212 e. The zero-order valence-electron chi connectivity index (χ0n) is 8.44. The largest absolute Gasteiger partial charge is 0.370 e. The topological polar surface area (TPSA) is 89.0 Å². The highest BCUT2D eigenvalue weighted by Crippen LogP contribution is 2.02. The minimum Gasteiger partial charge on any atom is -0.370 e. The molecule has 5 nitrogen and oxygen atoms in total. The van der Waals surface area contributed by atoms with Gasteiger partial charge in [-0.3, -0.25) is 20.6 Å². The van der Waals surface area contributed by atoms with Crippen molar-refractivity contribution in [3.63, 3.8) is 0 Å². The lowest BCUT2D eigenvalue weighted by atomic mass is 10.2. The molecule has 82 valence electrons. The predicted octanol–water partition coefficient (Wildman–Crippen LogP) is 1.44. The second kappa shape index (κ2) is 7.44. The first kappa shape index (κ1) is 13.0. The van der Waals surface area contributed by atoms with Gasteiger partial charge in [0.2, 0.25) is 5.96 Å². The summed E-state index contributed by atoms with van der Waals surface area (Å²) in [5.41, 5.74) is 5.05. The highest BCUT2D eigenvalue weighted by Gasteiger charge is 2.06. The lowest BCUT2D eigenvalue weighted by Gasteiger charge is -2.16. The third-order valence-electron chi connectivity index (χ3n) is 1.70. The maximum absolute atomic E-state index is 7.37. The Bertz CT molecular complexity index is 194. The molecule has 0 atom stereocenters. The molecular formula is C8H18ClN5. The highest BCUT2D eigenvalue weighted by atomic mass is 35.5. The number of halogens is 1. The minimum atomic E-state index is -0.269. The summed E-state index contributed by atoms with van der Waals surface area (Å²) < 4.78 is 1.23. The molecule has 0 radical (unpaired) electrons. The Kier molecular flexibility index (Phi) is 6.92. The second-order valence-electron chi connectivity index (χ2n) is 3.03. The number of unbranched alkanes of at least 4 members (excludes halogenated alkanes) is 3. The van der Waals surface area contributed by atoms with Crippen molar-refractivity contribution in [3.8, 4) is 0 Å². The van der Waals surface area contributed by atoms with Gasteiger partial charge < -0.3 is 5.73 Å². The number of hydrogen-bond acceptors (Lipinski definition) is 2. The van der Waals surface area contributed by atoms with Crippen molar-refractivity contribution in [3.05, 3.63) is 0 Å². The molecule has 14 heavy (non-hydrogen) atoms. The van der Waals surface area contributed by atoms with Gasteiger partial charge in [-0.2, -0.15) is 0 Å². The maximum atomic E-state index is 7.37. The molecule has 0 unspecified atom stereocenters. The Morgan fingerprint density at radius 1 is 1.36 bits per heavy atom. The summed E-state index contributed by atoms with van der Waals surface area (Å²) in [6.45, 7) is 2.73. The van der Waals surface area contributed by atoms with Crippen LogP contribution in [-0.2, 0) is 0 Å². The van der Waals surface area contributed by atoms with E-state index in [2.05, 4.69) is 12.2 Å². The van der Waals surface area contributed by atoms with E-state index in [0.717, 1.165) is 12.8 Å². The normalized spacial score (nSPS) is 9.57. The van der Waals surface area contributed by atoms with Crippen molar-refractivity contribution in [2.45, 2.75) is 32.6 Å². The molecule has 5 N–H and O–H groups in total. The van der Waals surface area contributed by atoms with Gasteiger partial charge in [-0.1, -0.05) is 26.2 Å². The van der Waals surface area contributed by atoms with E-state index in [-0.39, 0.29) is 11.9 Å². The highest BCUT2D eigenvalue weighted by molar-refractivity contribution is 6.22. The van der Waals surface area contributed by atoms with E-state index in [1.165, 1.54) is 17.3 Å². The zero-order chi connectivity index (χ0) is 11.0. The first-order chi connectivity index (χ1) is 6.57. The molecule has 0 bridgehead atoms. The van der Waals surface area contributed by atoms with Gasteiger partial charge in [0.1, 0.15) is 0 Å². The van der Waals surface area contributed by atoms with Gasteiger partial charge in [-0.25, -0.2) is 0 Å². The molecule has 0 aromatic heterocycles. The Hall–Kier alpha value is -0.970. The van der Waals surface area contributed by atoms with E-state index in [1.807, 2.05) is 0 Å². The summed E-state index contributed by atoms with van der Waals surface area (Å²) in [4.78, 5) is 0. The predicted molar refractivity (Wildman–Crippen MR) is 59.5 cm³/mol. The summed E-state index contributed by atoms with van der Waals surface area (Å²) in [5.74, 6) is -0.315. The van der Waals surface area contributed by atoms with E-state index < -0.39 is 0 Å². The van der Waals surface area contributed by atoms with E-state index in [0.29, 0.717) is 6.54 Å². The monoisotopic (exact) mass is 219 g/mol. The summed E-state index contributed by atoms with van der Waals surface area (Å²) in [6.07, 6.45) is 4.40. The van der Waals surface area contributed by atoms with Crippen LogP contribution in [0.5, 0.6) is 0 Å². The molecule has 0 saturated heterocycles. The zero-order valence-corrected chi connectivity index (χ0v) is 9.19. The quantitative estimate of drug-likeness (QED) is 0.244. The van der Waals surface area contributed by atoms with Crippen LogP contribution in [0.3, 0.4) is 0 Å². The van der Waals surface area contributed by atoms with Crippen LogP contribution in [0.2, 0.25) is 0 Å². The molecule has 0 fully saturated rings. The minimum absolute atomic E-state index is 0.0457. The summed E-state index contributed by atoms with van der Waals surface area (Å²) in [6, 6.07) is 0. The smallest absolute Gasteiger partial charge is 0.212 e. The standard InChI is InChI=1S/C8H18ClN5/c1-2-3-4-5-6-14(9)8(12)13-7(10)11/h2-6H2,1H3,(H5,10,11,12,13). The molecule has 0 aliphatic heterocycles. The molecule has 0 aromatic carbocycles. The number of nitrogens with two attached hydrogens (primary N) is 1. The SMILES string of the molecule is CCCCCCN(Cl)C(=N)NC(=N)N. The van der Waals surface area contributed by atoms with E-state index in [4.69, 9.17) is 28.3 Å². The molecule has 0 aliphatic carbocycles. The van der Waals surface area contributed by atoms with Crippen molar-refractivity contribution in [2.24, 2.45) is 5.73 Å². The lowest BCUT2D eigenvalue weighted by molar-refractivity contribution is 0.557. The van der Waals surface area contributed by atoms with Crippen LogP contribution in [0, 0.1) is 10.8 Å². The fourth-order valence-electron chi connectivity index (χ4n) is 0.977. The van der Waals surface area contributed by atoms with Crippen LogP contribution < -0.4 is 11.1 Å². The number of hydrogen-bond donors (Lipinski definition) is 4. The summed E-state index contributed by atoms with van der Waals surface area (Å²) in [5, 5.41) is 16.6. The third-order valence-corrected chi connectivity index (χ3v) is 2.04. The van der Waals surface area contributed by atoms with Crippen LogP contribution in [-0.4, -0.2) is 22.9 Å². The van der Waals surface area contributed by atoms with E-state index >= 15 is 0 Å². The van der Waals surface area contributed by atoms with Crippen molar-refractivity contribution in [2.75, 3.05) is 6.54 Å². The Labute approximate surface area is 89.7 Å². The fourth-order valence-corrected chi connectivity index (χ4v) is 1.14. The van der Waals surface area contributed by atoms with Gasteiger partial charge in [0.25, 0.3) is 0 Å². The van der Waals surface area contributed by atoms with Crippen LogP contribution in [0.1, 0.15) is 32.6 Å². The van der Waals surface area contributed by atoms with Gasteiger partial charge in [-0.15, -0.1) is 0 Å².